The fourth-order valence-electron chi connectivity index (χ4n) is 1.76. The number of ether oxygens (including phenoxy) is 3. The van der Waals surface area contributed by atoms with Crippen molar-refractivity contribution in [3.63, 3.8) is 0 Å². The molecule has 124 valence electrons. The first-order chi connectivity index (χ1) is 11.1. The molecule has 0 amide bonds. The van der Waals surface area contributed by atoms with Gasteiger partial charge in [0.1, 0.15) is 5.57 Å². The molecule has 0 atom stereocenters. The van der Waals surface area contributed by atoms with E-state index in [0.29, 0.717) is 18.0 Å². The highest BCUT2D eigenvalue weighted by atomic mass is 16.5. The maximum absolute atomic E-state index is 12.1. The Balaban J connectivity index is 2.98. The highest BCUT2D eigenvalue weighted by Gasteiger charge is 2.16. The summed E-state index contributed by atoms with van der Waals surface area (Å²) in [5.41, 5.74) is 0.676. The molecule has 0 radical (unpaired) electrons. The lowest BCUT2D eigenvalue weighted by Crippen LogP contribution is -2.17. The summed E-state index contributed by atoms with van der Waals surface area (Å²) in [6.45, 7) is 2.45. The normalized spacial score (nSPS) is 11.2. The summed E-state index contributed by atoms with van der Waals surface area (Å²) < 4.78 is 15.0. The van der Waals surface area contributed by atoms with Crippen LogP contribution < -0.4 is 14.8 Å². The van der Waals surface area contributed by atoms with Crippen molar-refractivity contribution in [1.29, 1.82) is 0 Å². The molecule has 6 heteroatoms. The average Bonchev–Trinajstić information content (AvgIpc) is 2.59. The van der Waals surface area contributed by atoms with Gasteiger partial charge in [-0.05, 0) is 30.7 Å². The number of ketones is 1. The summed E-state index contributed by atoms with van der Waals surface area (Å²) in [7, 11) is 4.31. The van der Waals surface area contributed by atoms with E-state index in [1.807, 2.05) is 6.92 Å². The van der Waals surface area contributed by atoms with Crippen molar-refractivity contribution in [2.24, 2.45) is 0 Å². The van der Waals surface area contributed by atoms with Crippen LogP contribution in [-0.4, -0.2) is 39.6 Å². The fraction of sp³-hybridized carbons (Fsp3) is 0.294. The van der Waals surface area contributed by atoms with Crippen molar-refractivity contribution in [3.8, 4) is 11.5 Å². The molecule has 0 spiro atoms. The minimum Gasteiger partial charge on any atom is -0.493 e. The van der Waals surface area contributed by atoms with Crippen molar-refractivity contribution in [3.05, 3.63) is 41.6 Å². The Hall–Kier alpha value is -2.76. The van der Waals surface area contributed by atoms with Crippen LogP contribution in [0.25, 0.3) is 6.08 Å². The second-order valence-electron chi connectivity index (χ2n) is 4.42. The number of hydrogen-bond acceptors (Lipinski definition) is 6. The van der Waals surface area contributed by atoms with Crippen LogP contribution in [0.15, 0.2) is 36.0 Å². The maximum atomic E-state index is 12.1. The van der Waals surface area contributed by atoms with E-state index >= 15 is 0 Å². The molecule has 0 saturated carbocycles. The first kappa shape index (κ1) is 18.3. The molecule has 6 nitrogen and oxygen atoms in total. The lowest BCUT2D eigenvalue weighted by Gasteiger charge is -2.07. The van der Waals surface area contributed by atoms with Gasteiger partial charge in [-0.15, -0.1) is 0 Å². The molecule has 0 aliphatic carbocycles. The zero-order valence-corrected chi connectivity index (χ0v) is 13.7. The van der Waals surface area contributed by atoms with E-state index in [1.165, 1.54) is 26.5 Å². The van der Waals surface area contributed by atoms with Gasteiger partial charge in [-0.1, -0.05) is 12.1 Å². The van der Waals surface area contributed by atoms with Crippen LogP contribution in [0.2, 0.25) is 0 Å². The summed E-state index contributed by atoms with van der Waals surface area (Å²) in [6, 6.07) is 5.24. The molecule has 0 aliphatic heterocycles. The minimum atomic E-state index is -0.687. The van der Waals surface area contributed by atoms with Crippen LogP contribution in [0.4, 0.5) is 0 Å². The molecular formula is C17H21NO5. The number of allylic oxidation sites excluding steroid dienone is 1. The van der Waals surface area contributed by atoms with Crippen LogP contribution in [0, 0.1) is 0 Å². The minimum absolute atomic E-state index is 0.0638. The predicted molar refractivity (Wildman–Crippen MR) is 87.4 cm³/mol. The van der Waals surface area contributed by atoms with Crippen molar-refractivity contribution < 1.29 is 23.8 Å². The Morgan fingerprint density at radius 3 is 2.39 bits per heavy atom. The average molecular weight is 319 g/mol. The fourth-order valence-corrected chi connectivity index (χ4v) is 1.76. The largest absolute Gasteiger partial charge is 0.493 e. The van der Waals surface area contributed by atoms with E-state index in [-0.39, 0.29) is 5.57 Å². The summed E-state index contributed by atoms with van der Waals surface area (Å²) in [5.74, 6) is 0.0113. The first-order valence-electron chi connectivity index (χ1n) is 7.03. The molecule has 0 bridgehead atoms. The van der Waals surface area contributed by atoms with Crippen molar-refractivity contribution in [1.82, 2.24) is 5.32 Å². The van der Waals surface area contributed by atoms with Crippen molar-refractivity contribution in [2.45, 2.75) is 6.92 Å². The van der Waals surface area contributed by atoms with Gasteiger partial charge >= 0.3 is 5.97 Å². The van der Waals surface area contributed by atoms with Gasteiger partial charge in [-0.25, -0.2) is 4.79 Å². The molecule has 23 heavy (non-hydrogen) atoms. The van der Waals surface area contributed by atoms with Gasteiger partial charge in [0.2, 0.25) is 0 Å². The van der Waals surface area contributed by atoms with E-state index < -0.39 is 11.8 Å². The number of rotatable bonds is 8. The Morgan fingerprint density at radius 1 is 1.13 bits per heavy atom. The van der Waals surface area contributed by atoms with Crippen LogP contribution in [-0.2, 0) is 14.3 Å². The third-order valence-corrected chi connectivity index (χ3v) is 2.96. The quantitative estimate of drug-likeness (QED) is 0.342. The Labute approximate surface area is 135 Å². The molecule has 1 N–H and O–H groups in total. The van der Waals surface area contributed by atoms with Gasteiger partial charge in [-0.3, -0.25) is 4.79 Å². The second kappa shape index (κ2) is 9.30. The molecule has 0 aliphatic rings. The van der Waals surface area contributed by atoms with Gasteiger partial charge in [0.15, 0.2) is 17.3 Å². The van der Waals surface area contributed by atoms with Crippen LogP contribution >= 0.6 is 0 Å². The summed E-state index contributed by atoms with van der Waals surface area (Å²) in [6.07, 6.45) is 4.25. The lowest BCUT2D eigenvalue weighted by molar-refractivity contribution is -0.137. The SMILES string of the molecule is CCN/C=C(/C(=O)/C=C/c1ccc(OC)c(OC)c1)C(=O)OC. The van der Waals surface area contributed by atoms with Crippen molar-refractivity contribution >= 4 is 17.8 Å². The number of nitrogens with one attached hydrogen (secondary N) is 1. The Kier molecular flexibility index (Phi) is 7.39. The topological polar surface area (TPSA) is 73.9 Å². The van der Waals surface area contributed by atoms with E-state index in [9.17, 15) is 9.59 Å². The van der Waals surface area contributed by atoms with E-state index in [2.05, 4.69) is 10.1 Å². The number of carbonyl (C=O) groups is 2. The summed E-state index contributed by atoms with van der Waals surface area (Å²) in [4.78, 5) is 23.8. The highest BCUT2D eigenvalue weighted by Crippen LogP contribution is 2.28. The zero-order chi connectivity index (χ0) is 17.2. The smallest absolute Gasteiger partial charge is 0.343 e. The Morgan fingerprint density at radius 2 is 1.83 bits per heavy atom. The molecule has 1 rings (SSSR count). The van der Waals surface area contributed by atoms with E-state index in [0.717, 1.165) is 5.56 Å². The number of benzene rings is 1. The number of hydrogen-bond donors (Lipinski definition) is 1. The molecule has 0 fully saturated rings. The van der Waals surface area contributed by atoms with E-state index in [1.54, 1.807) is 31.4 Å². The van der Waals surface area contributed by atoms with Crippen LogP contribution in [0.5, 0.6) is 11.5 Å². The van der Waals surface area contributed by atoms with Gasteiger partial charge < -0.3 is 19.5 Å². The Bertz CT molecular complexity index is 619. The van der Waals surface area contributed by atoms with Crippen molar-refractivity contribution in [2.75, 3.05) is 27.9 Å². The lowest BCUT2D eigenvalue weighted by atomic mass is 10.1. The predicted octanol–water partition coefficient (Wildman–Crippen LogP) is 1.95. The van der Waals surface area contributed by atoms with Gasteiger partial charge in [0, 0.05) is 12.7 Å². The van der Waals surface area contributed by atoms with Gasteiger partial charge in [0.05, 0.1) is 21.3 Å². The molecular weight excluding hydrogens is 298 g/mol. The monoisotopic (exact) mass is 319 g/mol. The zero-order valence-electron chi connectivity index (χ0n) is 13.7. The van der Waals surface area contributed by atoms with Crippen LogP contribution in [0.1, 0.15) is 12.5 Å². The number of esters is 1. The first-order valence-corrected chi connectivity index (χ1v) is 7.03. The highest BCUT2D eigenvalue weighted by molar-refractivity contribution is 6.22. The standard InChI is InChI=1S/C17H21NO5/c1-5-18-11-13(17(20)23-4)14(19)8-6-12-7-9-15(21-2)16(10-12)22-3/h6-11,18H,5H2,1-4H3/b8-6+,13-11-. The summed E-state index contributed by atoms with van der Waals surface area (Å²) >= 11 is 0. The molecule has 1 aromatic rings. The molecule has 0 saturated heterocycles. The number of methoxy groups -OCH3 is 3. The third kappa shape index (κ3) is 5.18. The van der Waals surface area contributed by atoms with Gasteiger partial charge in [0.25, 0.3) is 0 Å². The molecule has 1 aromatic carbocycles. The van der Waals surface area contributed by atoms with Crippen LogP contribution in [0.3, 0.4) is 0 Å². The molecule has 0 unspecified atom stereocenters. The third-order valence-electron chi connectivity index (χ3n) is 2.96. The summed E-state index contributed by atoms with van der Waals surface area (Å²) in [5, 5.41) is 2.82. The molecule has 0 aromatic heterocycles. The maximum Gasteiger partial charge on any atom is 0.343 e. The van der Waals surface area contributed by atoms with E-state index in [4.69, 9.17) is 9.47 Å². The number of carbonyl (C=O) groups excluding carboxylic acids is 2. The van der Waals surface area contributed by atoms with Gasteiger partial charge in [-0.2, -0.15) is 0 Å². The molecule has 0 heterocycles. The second-order valence-corrected chi connectivity index (χ2v) is 4.42.